The molecule has 1 aromatic carbocycles. The molecule has 0 saturated heterocycles. The summed E-state index contributed by atoms with van der Waals surface area (Å²) >= 11 is 0. The van der Waals surface area contributed by atoms with Crippen LogP contribution in [0.15, 0.2) is 12.1 Å². The highest BCUT2D eigenvalue weighted by molar-refractivity contribution is 5.42. The summed E-state index contributed by atoms with van der Waals surface area (Å²) in [6, 6.07) is 3.00. The van der Waals surface area contributed by atoms with E-state index < -0.39 is 5.82 Å². The summed E-state index contributed by atoms with van der Waals surface area (Å²) in [5, 5.41) is 0. The van der Waals surface area contributed by atoms with Crippen molar-refractivity contribution in [3.05, 3.63) is 23.5 Å². The van der Waals surface area contributed by atoms with Gasteiger partial charge in [-0.3, -0.25) is 0 Å². The normalized spacial score (nSPS) is 11.4. The van der Waals surface area contributed by atoms with Crippen LogP contribution in [-0.2, 0) is 6.42 Å². The van der Waals surface area contributed by atoms with E-state index in [1.807, 2.05) is 20.8 Å². The SMILES string of the molecule is COc1cc(CCN)c(OC(C)(C)C)cc1F. The van der Waals surface area contributed by atoms with Crippen LogP contribution in [0.2, 0.25) is 0 Å². The monoisotopic (exact) mass is 241 g/mol. The maximum absolute atomic E-state index is 13.6. The van der Waals surface area contributed by atoms with E-state index in [0.29, 0.717) is 18.7 Å². The molecule has 3 nitrogen and oxygen atoms in total. The van der Waals surface area contributed by atoms with Crippen LogP contribution in [0.4, 0.5) is 4.39 Å². The first-order chi connectivity index (χ1) is 7.87. The first-order valence-electron chi connectivity index (χ1n) is 5.63. The van der Waals surface area contributed by atoms with Crippen molar-refractivity contribution in [3.63, 3.8) is 0 Å². The molecule has 1 aromatic rings. The van der Waals surface area contributed by atoms with E-state index in [9.17, 15) is 4.39 Å². The molecule has 0 heterocycles. The Morgan fingerprint density at radius 3 is 2.35 bits per heavy atom. The molecule has 0 aromatic heterocycles. The summed E-state index contributed by atoms with van der Waals surface area (Å²) in [4.78, 5) is 0. The van der Waals surface area contributed by atoms with Crippen molar-refractivity contribution in [1.29, 1.82) is 0 Å². The van der Waals surface area contributed by atoms with Crippen LogP contribution in [0.1, 0.15) is 26.3 Å². The Kier molecular flexibility index (Phi) is 4.34. The third-order valence-corrected chi connectivity index (χ3v) is 2.16. The molecule has 0 aliphatic rings. The standard InChI is InChI=1S/C13H20FNO2/c1-13(2,3)17-11-8-10(14)12(16-4)7-9(11)5-6-15/h7-8H,5-6,15H2,1-4H3. The van der Waals surface area contributed by atoms with Crippen LogP contribution in [0.5, 0.6) is 11.5 Å². The Morgan fingerprint density at radius 2 is 1.88 bits per heavy atom. The molecular formula is C13H20FNO2. The van der Waals surface area contributed by atoms with E-state index in [-0.39, 0.29) is 11.4 Å². The fourth-order valence-electron chi connectivity index (χ4n) is 1.51. The van der Waals surface area contributed by atoms with E-state index >= 15 is 0 Å². The Morgan fingerprint density at radius 1 is 1.24 bits per heavy atom. The van der Waals surface area contributed by atoms with E-state index in [1.54, 1.807) is 6.07 Å². The maximum atomic E-state index is 13.6. The number of halogens is 1. The fraction of sp³-hybridized carbons (Fsp3) is 0.538. The van der Waals surface area contributed by atoms with Crippen LogP contribution in [0.25, 0.3) is 0 Å². The lowest BCUT2D eigenvalue weighted by molar-refractivity contribution is 0.128. The van der Waals surface area contributed by atoms with Crippen LogP contribution < -0.4 is 15.2 Å². The third-order valence-electron chi connectivity index (χ3n) is 2.16. The second-order valence-electron chi connectivity index (χ2n) is 4.85. The number of benzene rings is 1. The van der Waals surface area contributed by atoms with Crippen molar-refractivity contribution < 1.29 is 13.9 Å². The lowest BCUT2D eigenvalue weighted by Gasteiger charge is -2.23. The minimum Gasteiger partial charge on any atom is -0.494 e. The highest BCUT2D eigenvalue weighted by Crippen LogP contribution is 2.30. The quantitative estimate of drug-likeness (QED) is 0.881. The molecule has 17 heavy (non-hydrogen) atoms. The predicted molar refractivity (Wildman–Crippen MR) is 66.1 cm³/mol. The first kappa shape index (κ1) is 13.8. The van der Waals surface area contributed by atoms with Crippen LogP contribution in [0.3, 0.4) is 0 Å². The highest BCUT2D eigenvalue weighted by Gasteiger charge is 2.17. The Labute approximate surface area is 102 Å². The fourth-order valence-corrected chi connectivity index (χ4v) is 1.51. The maximum Gasteiger partial charge on any atom is 0.168 e. The molecule has 0 amide bonds. The van der Waals surface area contributed by atoms with Gasteiger partial charge in [-0.05, 0) is 45.4 Å². The summed E-state index contributed by atoms with van der Waals surface area (Å²) in [5.41, 5.74) is 6.02. The molecule has 0 spiro atoms. The van der Waals surface area contributed by atoms with E-state index in [4.69, 9.17) is 15.2 Å². The van der Waals surface area contributed by atoms with E-state index in [2.05, 4.69) is 0 Å². The Bertz CT molecular complexity index is 386. The smallest absolute Gasteiger partial charge is 0.168 e. The van der Waals surface area contributed by atoms with Gasteiger partial charge in [-0.15, -0.1) is 0 Å². The number of hydrogen-bond donors (Lipinski definition) is 1. The van der Waals surface area contributed by atoms with Crippen molar-refractivity contribution in [3.8, 4) is 11.5 Å². The van der Waals surface area contributed by atoms with Gasteiger partial charge in [0.05, 0.1) is 7.11 Å². The van der Waals surface area contributed by atoms with Crippen LogP contribution in [-0.4, -0.2) is 19.3 Å². The molecular weight excluding hydrogens is 221 g/mol. The van der Waals surface area contributed by atoms with Crippen LogP contribution in [0, 0.1) is 5.82 Å². The molecule has 0 fully saturated rings. The number of nitrogens with two attached hydrogens (primary N) is 1. The van der Waals surface area contributed by atoms with Crippen molar-refractivity contribution in [2.75, 3.05) is 13.7 Å². The summed E-state index contributed by atoms with van der Waals surface area (Å²) in [7, 11) is 1.44. The summed E-state index contributed by atoms with van der Waals surface area (Å²) in [6.45, 7) is 6.24. The lowest BCUT2D eigenvalue weighted by Crippen LogP contribution is -2.24. The number of ether oxygens (including phenoxy) is 2. The molecule has 0 aliphatic carbocycles. The zero-order valence-electron chi connectivity index (χ0n) is 10.8. The Hall–Kier alpha value is -1.29. The van der Waals surface area contributed by atoms with Gasteiger partial charge in [0.15, 0.2) is 11.6 Å². The first-order valence-corrected chi connectivity index (χ1v) is 5.63. The minimum absolute atomic E-state index is 0.217. The predicted octanol–water partition coefficient (Wildman–Crippen LogP) is 2.51. The van der Waals surface area contributed by atoms with Gasteiger partial charge >= 0.3 is 0 Å². The van der Waals surface area contributed by atoms with Gasteiger partial charge in [0.1, 0.15) is 11.4 Å². The number of hydrogen-bond acceptors (Lipinski definition) is 3. The second kappa shape index (κ2) is 5.36. The molecule has 1 rings (SSSR count). The molecule has 0 bridgehead atoms. The van der Waals surface area contributed by atoms with Gasteiger partial charge in [0, 0.05) is 6.07 Å². The molecule has 0 aliphatic heterocycles. The van der Waals surface area contributed by atoms with Crippen molar-refractivity contribution >= 4 is 0 Å². The molecule has 0 saturated carbocycles. The highest BCUT2D eigenvalue weighted by atomic mass is 19.1. The van der Waals surface area contributed by atoms with Gasteiger partial charge in [-0.2, -0.15) is 0 Å². The van der Waals surface area contributed by atoms with Gasteiger partial charge in [-0.1, -0.05) is 0 Å². The molecule has 0 atom stereocenters. The van der Waals surface area contributed by atoms with Crippen LogP contribution >= 0.6 is 0 Å². The van der Waals surface area contributed by atoms with E-state index in [1.165, 1.54) is 13.2 Å². The average molecular weight is 241 g/mol. The number of rotatable bonds is 4. The average Bonchev–Trinajstić information content (AvgIpc) is 2.20. The topological polar surface area (TPSA) is 44.5 Å². The van der Waals surface area contributed by atoms with Gasteiger partial charge in [0.25, 0.3) is 0 Å². The summed E-state index contributed by atoms with van der Waals surface area (Å²) < 4.78 is 24.3. The molecule has 0 radical (unpaired) electrons. The van der Waals surface area contributed by atoms with Gasteiger partial charge in [-0.25, -0.2) is 4.39 Å². The lowest BCUT2D eigenvalue weighted by atomic mass is 10.1. The zero-order chi connectivity index (χ0) is 13.1. The summed E-state index contributed by atoms with van der Waals surface area (Å²) in [5.74, 6) is 0.323. The van der Waals surface area contributed by atoms with Crippen molar-refractivity contribution in [2.24, 2.45) is 5.73 Å². The minimum atomic E-state index is -0.424. The molecule has 2 N–H and O–H groups in total. The van der Waals surface area contributed by atoms with Crippen molar-refractivity contribution in [2.45, 2.75) is 32.8 Å². The van der Waals surface area contributed by atoms with Gasteiger partial charge in [0.2, 0.25) is 0 Å². The molecule has 0 unspecified atom stereocenters. The van der Waals surface area contributed by atoms with E-state index in [0.717, 1.165) is 5.56 Å². The summed E-state index contributed by atoms with van der Waals surface area (Å²) in [6.07, 6.45) is 0.627. The number of methoxy groups -OCH3 is 1. The van der Waals surface area contributed by atoms with Gasteiger partial charge < -0.3 is 15.2 Å². The Balaban J connectivity index is 3.13. The molecule has 96 valence electrons. The zero-order valence-corrected chi connectivity index (χ0v) is 10.8. The molecule has 4 heteroatoms. The second-order valence-corrected chi connectivity index (χ2v) is 4.85. The third kappa shape index (κ3) is 3.89. The van der Waals surface area contributed by atoms with Crippen molar-refractivity contribution in [1.82, 2.24) is 0 Å². The largest absolute Gasteiger partial charge is 0.494 e.